The molecule has 206 valence electrons. The number of ether oxygens (including phenoxy) is 2. The average Bonchev–Trinajstić information content (AvgIpc) is 3.74. The van der Waals surface area contributed by atoms with Gasteiger partial charge in [-0.25, -0.2) is 0 Å². The highest BCUT2D eigenvalue weighted by Crippen LogP contribution is 2.31. The van der Waals surface area contributed by atoms with Gasteiger partial charge in [0, 0.05) is 29.6 Å². The fourth-order valence-corrected chi connectivity index (χ4v) is 5.43. The number of anilines is 2. The minimum absolute atomic E-state index is 0.127. The van der Waals surface area contributed by atoms with Crippen molar-refractivity contribution in [1.29, 1.82) is 0 Å². The monoisotopic (exact) mass is 567 g/mol. The van der Waals surface area contributed by atoms with Gasteiger partial charge in [-0.15, -0.1) is 11.3 Å². The van der Waals surface area contributed by atoms with Gasteiger partial charge in [0.25, 0.3) is 23.6 Å². The Bertz CT molecular complexity index is 1650. The van der Waals surface area contributed by atoms with Crippen molar-refractivity contribution in [3.8, 4) is 11.5 Å². The Kier molecular flexibility index (Phi) is 7.32. The molecule has 0 aliphatic carbocycles. The maximum atomic E-state index is 13.0. The summed E-state index contributed by atoms with van der Waals surface area (Å²) in [6.07, 6.45) is 1.62. The summed E-state index contributed by atoms with van der Waals surface area (Å²) in [5, 5.41) is 7.46. The first-order valence-electron chi connectivity index (χ1n) is 13.1. The predicted molar refractivity (Wildman–Crippen MR) is 154 cm³/mol. The lowest BCUT2D eigenvalue weighted by Gasteiger charge is -2.17. The molecule has 2 aliphatic rings. The molecule has 1 aromatic heterocycles. The summed E-state index contributed by atoms with van der Waals surface area (Å²) < 4.78 is 11.6. The van der Waals surface area contributed by atoms with Crippen molar-refractivity contribution in [3.05, 3.63) is 106 Å². The van der Waals surface area contributed by atoms with Crippen LogP contribution in [-0.4, -0.2) is 47.8 Å². The van der Waals surface area contributed by atoms with Crippen molar-refractivity contribution in [1.82, 2.24) is 4.90 Å². The Balaban J connectivity index is 1.11. The predicted octanol–water partition coefficient (Wildman–Crippen LogP) is 5.82. The fourth-order valence-electron chi connectivity index (χ4n) is 4.81. The van der Waals surface area contributed by atoms with Gasteiger partial charge in [0.1, 0.15) is 11.5 Å². The molecule has 1 fully saturated rings. The number of hydrogen-bond acceptors (Lipinski definition) is 7. The van der Waals surface area contributed by atoms with Gasteiger partial charge in [-0.3, -0.25) is 24.1 Å². The highest BCUT2D eigenvalue weighted by molar-refractivity contribution is 7.12. The first-order valence-corrected chi connectivity index (χ1v) is 14.0. The maximum Gasteiger partial charge on any atom is 0.265 e. The van der Waals surface area contributed by atoms with Crippen LogP contribution in [0.2, 0.25) is 0 Å². The minimum Gasteiger partial charge on any atom is -0.457 e. The van der Waals surface area contributed by atoms with E-state index in [9.17, 15) is 19.2 Å². The topological polar surface area (TPSA) is 114 Å². The molecule has 0 radical (unpaired) electrons. The zero-order chi connectivity index (χ0) is 28.3. The average molecular weight is 568 g/mol. The van der Waals surface area contributed by atoms with Gasteiger partial charge < -0.3 is 20.1 Å². The fraction of sp³-hybridized carbons (Fsp3) is 0.161. The number of hydrogen-bond donors (Lipinski definition) is 2. The van der Waals surface area contributed by atoms with E-state index in [1.54, 1.807) is 78.9 Å². The number of rotatable bonds is 8. The van der Waals surface area contributed by atoms with E-state index in [0.29, 0.717) is 51.0 Å². The van der Waals surface area contributed by atoms with Crippen LogP contribution in [0.5, 0.6) is 11.5 Å². The zero-order valence-corrected chi connectivity index (χ0v) is 22.6. The third-order valence-electron chi connectivity index (χ3n) is 6.81. The Morgan fingerprint density at radius 2 is 1.61 bits per heavy atom. The number of carbonyl (C=O) groups excluding carboxylic acids is 4. The second kappa shape index (κ2) is 11.4. The smallest absolute Gasteiger partial charge is 0.265 e. The second-order valence-electron chi connectivity index (χ2n) is 9.66. The Morgan fingerprint density at radius 1 is 0.854 bits per heavy atom. The van der Waals surface area contributed by atoms with Gasteiger partial charge in [0.05, 0.1) is 28.7 Å². The van der Waals surface area contributed by atoms with Crippen LogP contribution in [0.15, 0.2) is 84.2 Å². The van der Waals surface area contributed by atoms with E-state index in [4.69, 9.17) is 9.47 Å². The molecule has 2 N–H and O–H groups in total. The van der Waals surface area contributed by atoms with E-state index in [2.05, 4.69) is 10.6 Å². The number of thiophene rings is 1. The lowest BCUT2D eigenvalue weighted by atomic mass is 10.1. The van der Waals surface area contributed by atoms with E-state index < -0.39 is 0 Å². The van der Waals surface area contributed by atoms with Gasteiger partial charge in [0.2, 0.25) is 0 Å². The number of nitrogens with one attached hydrogen (secondary N) is 2. The lowest BCUT2D eigenvalue weighted by molar-refractivity contribution is 0.0475. The molecule has 9 nitrogen and oxygen atoms in total. The minimum atomic E-state index is -0.360. The van der Waals surface area contributed by atoms with Gasteiger partial charge >= 0.3 is 0 Å². The molecule has 2 aliphatic heterocycles. The number of benzene rings is 3. The Morgan fingerprint density at radius 3 is 2.39 bits per heavy atom. The maximum absolute atomic E-state index is 13.0. The normalized spacial score (nSPS) is 16.0. The largest absolute Gasteiger partial charge is 0.457 e. The van der Waals surface area contributed by atoms with Crippen LogP contribution < -0.4 is 15.4 Å². The molecule has 4 aromatic rings. The Labute approximate surface area is 239 Å². The van der Waals surface area contributed by atoms with E-state index in [-0.39, 0.29) is 36.3 Å². The van der Waals surface area contributed by atoms with E-state index in [0.717, 1.165) is 12.8 Å². The van der Waals surface area contributed by atoms with Crippen molar-refractivity contribution in [2.24, 2.45) is 0 Å². The molecule has 3 heterocycles. The van der Waals surface area contributed by atoms with Crippen molar-refractivity contribution in [3.63, 3.8) is 0 Å². The summed E-state index contributed by atoms with van der Waals surface area (Å²) in [7, 11) is 0. The van der Waals surface area contributed by atoms with Crippen LogP contribution in [0.25, 0.3) is 0 Å². The molecule has 1 atom stereocenters. The van der Waals surface area contributed by atoms with E-state index in [1.807, 2.05) is 5.38 Å². The number of amides is 4. The van der Waals surface area contributed by atoms with Crippen LogP contribution in [0.4, 0.5) is 11.4 Å². The summed E-state index contributed by atoms with van der Waals surface area (Å²) in [6, 6.07) is 21.8. The SMILES string of the molecule is O=C(Nc1cccc(Oc2ccc3c(c2)C(=O)N(CC2CCCO2)C3=O)c1)c1cccc(NC(=O)c2cccs2)c1. The Hall–Kier alpha value is -4.80. The number of carbonyl (C=O) groups is 4. The zero-order valence-electron chi connectivity index (χ0n) is 21.8. The number of imide groups is 1. The summed E-state index contributed by atoms with van der Waals surface area (Å²) in [5.41, 5.74) is 2.01. The third-order valence-corrected chi connectivity index (χ3v) is 7.68. The van der Waals surface area contributed by atoms with Crippen LogP contribution in [-0.2, 0) is 4.74 Å². The van der Waals surface area contributed by atoms with Crippen LogP contribution >= 0.6 is 11.3 Å². The molecule has 6 rings (SSSR count). The summed E-state index contributed by atoms with van der Waals surface area (Å²) in [5.74, 6) is -0.458. The molecule has 1 unspecified atom stereocenters. The standard InChI is InChI=1S/C31H25N3O6S/c35-28(19-5-1-6-20(15-19)33-29(36)27-10-4-14-41-27)32-21-7-2-8-22(16-21)40-23-11-12-25-26(17-23)31(38)34(30(25)37)18-24-9-3-13-39-24/h1-2,4-8,10-12,14-17,24H,3,9,13,18H2,(H,32,35)(H,33,36). The van der Waals surface area contributed by atoms with Gasteiger partial charge in [-0.2, -0.15) is 0 Å². The number of fused-ring (bicyclic) bond motifs is 1. The lowest BCUT2D eigenvalue weighted by Crippen LogP contribution is -2.36. The van der Waals surface area contributed by atoms with Gasteiger partial charge in [0.15, 0.2) is 0 Å². The van der Waals surface area contributed by atoms with E-state index >= 15 is 0 Å². The number of nitrogens with zero attached hydrogens (tertiary/aromatic N) is 1. The summed E-state index contributed by atoms with van der Waals surface area (Å²) >= 11 is 1.33. The molecule has 0 saturated carbocycles. The molecular weight excluding hydrogens is 542 g/mol. The first kappa shape index (κ1) is 26.4. The molecule has 0 spiro atoms. The van der Waals surface area contributed by atoms with Crippen molar-refractivity contribution in [2.75, 3.05) is 23.8 Å². The molecule has 0 bridgehead atoms. The third kappa shape index (κ3) is 5.74. The molecular formula is C31H25N3O6S. The van der Waals surface area contributed by atoms with Crippen molar-refractivity contribution >= 4 is 46.3 Å². The highest BCUT2D eigenvalue weighted by atomic mass is 32.1. The molecule has 41 heavy (non-hydrogen) atoms. The molecule has 4 amide bonds. The highest BCUT2D eigenvalue weighted by Gasteiger charge is 2.37. The second-order valence-corrected chi connectivity index (χ2v) is 10.6. The molecule has 10 heteroatoms. The molecule has 1 saturated heterocycles. The van der Waals surface area contributed by atoms with Crippen LogP contribution in [0.3, 0.4) is 0 Å². The summed E-state index contributed by atoms with van der Waals surface area (Å²) in [6.45, 7) is 0.889. The van der Waals surface area contributed by atoms with Crippen LogP contribution in [0.1, 0.15) is 53.6 Å². The van der Waals surface area contributed by atoms with Gasteiger partial charge in [-0.1, -0.05) is 18.2 Å². The molecule has 3 aromatic carbocycles. The first-order chi connectivity index (χ1) is 19.9. The van der Waals surface area contributed by atoms with Crippen molar-refractivity contribution < 1.29 is 28.7 Å². The van der Waals surface area contributed by atoms with Crippen molar-refractivity contribution in [2.45, 2.75) is 18.9 Å². The summed E-state index contributed by atoms with van der Waals surface area (Å²) in [4.78, 5) is 52.9. The quantitative estimate of drug-likeness (QED) is 0.260. The van der Waals surface area contributed by atoms with Gasteiger partial charge in [-0.05, 0) is 72.8 Å². The van der Waals surface area contributed by atoms with Crippen LogP contribution in [0, 0.1) is 0 Å². The van der Waals surface area contributed by atoms with E-state index in [1.165, 1.54) is 16.2 Å².